The van der Waals surface area contributed by atoms with E-state index in [0.717, 1.165) is 4.57 Å². The molecular weight excluding hydrogens is 1060 g/mol. The molecule has 1 saturated carbocycles. The number of nitrogens with zero attached hydrogens (tertiary/aromatic N) is 5. The van der Waals surface area contributed by atoms with Crippen molar-refractivity contribution >= 4 is 29.3 Å². The van der Waals surface area contributed by atoms with Crippen LogP contribution >= 0.6 is 0 Å². The summed E-state index contributed by atoms with van der Waals surface area (Å²) in [6.45, 7) is 9.84. The molecule has 1 amide bonds. The van der Waals surface area contributed by atoms with E-state index in [4.69, 9.17) is 28.5 Å². The Morgan fingerprint density at radius 1 is 0.878 bits per heavy atom. The normalized spacial score (nSPS) is 36.8. The smallest absolute Gasteiger partial charge is 0.352 e. The van der Waals surface area contributed by atoms with Crippen LogP contribution < -0.4 is 11.4 Å². The molecule has 5 aliphatic heterocycles. The highest BCUT2D eigenvalue weighted by Gasteiger charge is 2.54. The van der Waals surface area contributed by atoms with Crippen molar-refractivity contribution in [3.05, 3.63) is 87.3 Å². The molecule has 0 radical (unpaired) electrons. The lowest BCUT2D eigenvalue weighted by Gasteiger charge is -2.47. The number of aliphatic hydroxyl groups excluding tert-OH is 3. The van der Waals surface area contributed by atoms with Crippen molar-refractivity contribution in [1.29, 1.82) is 0 Å². The molecule has 22 nitrogen and oxygen atoms in total. The SMILES string of the molecule is CO[C@H]1C[C@@H]2CC[C@@H](C)[C@@](O)(O2)C(O)C(=O)N2CCCC[C@H]2C(=O)O[C@H]([C@H](C)C[C@@H]2CC[C@@H](O)[C@H](OC)C2)C/C(=N/OCC(=O)O)C/C=C(\C)[C@@H](O)[C@@H](OC)C(=O)[C@H](C)C[C@H](C)/C=C/C2C=CC1(C)n1c(=O)n(-c3ccccc3)c(=O)n12. The Morgan fingerprint density at radius 3 is 2.29 bits per heavy atom. The third-order valence-corrected chi connectivity index (χ3v) is 17.8. The summed E-state index contributed by atoms with van der Waals surface area (Å²) < 4.78 is 34.2. The maximum atomic E-state index is 14.8. The van der Waals surface area contributed by atoms with Crippen molar-refractivity contribution in [2.45, 2.75) is 197 Å². The van der Waals surface area contributed by atoms with Crippen LogP contribution in [-0.4, -0.2) is 169 Å². The van der Waals surface area contributed by atoms with Gasteiger partial charge in [-0.2, -0.15) is 0 Å². The second-order valence-corrected chi connectivity index (χ2v) is 23.7. The van der Waals surface area contributed by atoms with E-state index in [1.165, 1.54) is 28.5 Å². The number of allylic oxidation sites excluding steroid dienone is 4. The van der Waals surface area contributed by atoms with Crippen molar-refractivity contribution in [3.63, 3.8) is 0 Å². The number of aliphatic carboxylic acids is 1. The number of methoxy groups -OCH3 is 3. The molecule has 8 rings (SSSR count). The van der Waals surface area contributed by atoms with Crippen molar-refractivity contribution < 1.29 is 73.2 Å². The second kappa shape index (κ2) is 27.9. The number of esters is 1. The average Bonchev–Trinajstić information content (AvgIpc) is 4.01. The Kier molecular flexibility index (Phi) is 21.7. The molecule has 6 heterocycles. The number of carbonyl (C=O) groups is 4. The van der Waals surface area contributed by atoms with E-state index in [9.17, 15) is 54.3 Å². The van der Waals surface area contributed by atoms with Crippen LogP contribution in [0, 0.1) is 29.6 Å². The number of ketones is 1. The number of aromatic nitrogens is 3. The van der Waals surface area contributed by atoms with Crippen LogP contribution in [0.3, 0.4) is 0 Å². The van der Waals surface area contributed by atoms with Gasteiger partial charge in [0.2, 0.25) is 12.4 Å². The summed E-state index contributed by atoms with van der Waals surface area (Å²) in [6, 6.07) is 6.53. The van der Waals surface area contributed by atoms with E-state index in [2.05, 4.69) is 5.16 Å². The van der Waals surface area contributed by atoms with Gasteiger partial charge in [0.05, 0.1) is 41.9 Å². The molecule has 1 aliphatic carbocycles. The minimum Gasteiger partial charge on any atom is -0.479 e. The zero-order valence-electron chi connectivity index (χ0n) is 48.9. The summed E-state index contributed by atoms with van der Waals surface area (Å²) in [6.07, 6.45) is 4.48. The molecule has 6 aliphatic rings. The van der Waals surface area contributed by atoms with Crippen LogP contribution in [0.15, 0.2) is 81.0 Å². The first-order chi connectivity index (χ1) is 39.0. The summed E-state index contributed by atoms with van der Waals surface area (Å²) in [5, 5.41) is 60.7. The van der Waals surface area contributed by atoms with Gasteiger partial charge in [-0.1, -0.05) is 81.4 Å². The van der Waals surface area contributed by atoms with Gasteiger partial charge in [0, 0.05) is 59.0 Å². The minimum absolute atomic E-state index is 0.0263. The van der Waals surface area contributed by atoms with Gasteiger partial charge < -0.3 is 59.0 Å². The van der Waals surface area contributed by atoms with E-state index in [0.29, 0.717) is 69.0 Å². The number of benzene rings is 1. The minimum atomic E-state index is -2.45. The Morgan fingerprint density at radius 2 is 1.61 bits per heavy atom. The number of hydrogen-bond donors (Lipinski definition) is 5. The monoisotopic (exact) mass is 1150 g/mol. The highest BCUT2D eigenvalue weighted by molar-refractivity contribution is 5.89. The molecular formula is C60H87N5O17. The zero-order valence-corrected chi connectivity index (χ0v) is 48.9. The van der Waals surface area contributed by atoms with E-state index in [1.54, 1.807) is 89.4 Å². The number of amides is 1. The van der Waals surface area contributed by atoms with Gasteiger partial charge in [0.15, 0.2) is 11.9 Å². The lowest BCUT2D eigenvalue weighted by molar-refractivity contribution is -0.318. The van der Waals surface area contributed by atoms with Gasteiger partial charge in [-0.3, -0.25) is 9.59 Å². The molecule has 1 aromatic heterocycles. The Labute approximate surface area is 479 Å². The van der Waals surface area contributed by atoms with E-state index in [-0.39, 0.29) is 55.6 Å². The molecule has 0 spiro atoms. The maximum absolute atomic E-state index is 14.8. The number of rotatable bonds is 10. The Balaban J connectivity index is 1.29. The topological polar surface area (TPSA) is 289 Å². The van der Waals surface area contributed by atoms with Crippen LogP contribution in [0.25, 0.3) is 5.69 Å². The Bertz CT molecular complexity index is 2790. The predicted molar refractivity (Wildman–Crippen MR) is 301 cm³/mol. The number of piperidine rings is 1. The molecule has 5 N–H and O–H groups in total. The molecule has 1 aromatic carbocycles. The third kappa shape index (κ3) is 14.1. The van der Waals surface area contributed by atoms with Gasteiger partial charge >= 0.3 is 23.3 Å². The summed E-state index contributed by atoms with van der Waals surface area (Å²) in [5.74, 6) is -7.87. The van der Waals surface area contributed by atoms with Crippen LogP contribution in [-0.2, 0) is 53.2 Å². The summed E-state index contributed by atoms with van der Waals surface area (Å²) in [4.78, 5) is 91.5. The fourth-order valence-corrected chi connectivity index (χ4v) is 12.8. The summed E-state index contributed by atoms with van der Waals surface area (Å²) >= 11 is 0. The molecule has 82 heavy (non-hydrogen) atoms. The van der Waals surface area contributed by atoms with Gasteiger partial charge in [-0.05, 0) is 114 Å². The van der Waals surface area contributed by atoms with Gasteiger partial charge in [-0.25, -0.2) is 33.1 Å². The number of Topliss-reactive ketones (excluding diaryl/α,β-unsaturated/α-hetero) is 1. The van der Waals surface area contributed by atoms with Crippen LogP contribution in [0.2, 0.25) is 0 Å². The number of para-hydroxylation sites is 1. The van der Waals surface area contributed by atoms with Gasteiger partial charge in [0.25, 0.3) is 5.91 Å². The zero-order chi connectivity index (χ0) is 59.8. The molecule has 454 valence electrons. The van der Waals surface area contributed by atoms with E-state index < -0.39 is 126 Å². The number of carbonyl (C=O) groups excluding carboxylic acids is 3. The van der Waals surface area contributed by atoms with Gasteiger partial charge in [-0.15, -0.1) is 0 Å². The lowest BCUT2D eigenvalue weighted by Crippen LogP contribution is -2.63. The lowest BCUT2D eigenvalue weighted by atomic mass is 9.78. The fourth-order valence-electron chi connectivity index (χ4n) is 12.8. The van der Waals surface area contributed by atoms with Crippen molar-refractivity contribution in [3.8, 4) is 5.69 Å². The number of oxime groups is 1. The first-order valence-electron chi connectivity index (χ1n) is 29.0. The first kappa shape index (κ1) is 64.0. The number of hydrogen-bond acceptors (Lipinski definition) is 17. The standard InChI is InChI=1S/C60H87N5O17/c1-35-18-23-43-26-27-59(6,65-58(75)63(57(74)64(43)65)42-15-11-10-12-16-42)49(78-8)33-44-24-20-39(5)60(76,82-44)54(71)55(72)62-28-14-13-17-45(62)56(73)81-47(37(3)30-40-21-25-46(66)48(31-40)77-7)32-41(61-80-34-50(67)68)22-19-36(2)51(69)53(79-9)52(70)38(4)29-35/h10-12,15-16,18-19,23,26-27,35,37-40,43-49,51,53-54,66,69,71,76H,13-14,17,20-22,24-25,28-34H2,1-9H3,(H,67,68)/b23-18+,36-19+,61-41+/t35-,37-,38-,39-,40+,43?,44+,45+,46-,47+,48-,49+,51-,53-,54?,59?,60-/m1/s1. The molecule has 2 aromatic rings. The van der Waals surface area contributed by atoms with Crippen molar-refractivity contribution in [2.24, 2.45) is 34.7 Å². The van der Waals surface area contributed by atoms with E-state index in [1.807, 2.05) is 19.9 Å². The fraction of sp³-hybridized carbons (Fsp3) is 0.683. The number of carboxylic acid groups (broad SMARTS) is 1. The second-order valence-electron chi connectivity index (χ2n) is 23.7. The number of carboxylic acids is 1. The highest BCUT2D eigenvalue weighted by atomic mass is 16.7. The molecule has 2 saturated heterocycles. The van der Waals surface area contributed by atoms with Crippen LogP contribution in [0.1, 0.15) is 131 Å². The largest absolute Gasteiger partial charge is 0.479 e. The molecule has 17 atom stereocenters. The number of ether oxygens (including phenoxy) is 5. The molecule has 22 heteroatoms. The van der Waals surface area contributed by atoms with Gasteiger partial charge in [0.1, 0.15) is 29.9 Å². The van der Waals surface area contributed by atoms with Crippen LogP contribution in [0.4, 0.5) is 0 Å². The number of aliphatic hydroxyl groups is 4. The summed E-state index contributed by atoms with van der Waals surface area (Å²) in [7, 11) is 4.34. The first-order valence-corrected chi connectivity index (χ1v) is 29.0. The molecule has 3 unspecified atom stereocenters. The average molecular weight is 1150 g/mol. The van der Waals surface area contributed by atoms with Crippen LogP contribution in [0.5, 0.6) is 0 Å². The quantitative estimate of drug-likeness (QED) is 0.122. The molecule has 4 bridgehead atoms. The predicted octanol–water partition coefficient (Wildman–Crippen LogP) is 4.75. The third-order valence-electron chi connectivity index (χ3n) is 17.8. The Hall–Kier alpha value is -5.59. The maximum Gasteiger partial charge on any atom is 0.352 e. The summed E-state index contributed by atoms with van der Waals surface area (Å²) in [5.41, 5.74) is -1.73. The highest BCUT2D eigenvalue weighted by Crippen LogP contribution is 2.41. The van der Waals surface area contributed by atoms with E-state index >= 15 is 0 Å². The molecule has 3 fully saturated rings. The van der Waals surface area contributed by atoms with Crippen molar-refractivity contribution in [2.75, 3.05) is 34.5 Å². The van der Waals surface area contributed by atoms with Crippen molar-refractivity contribution in [1.82, 2.24) is 18.8 Å². The number of fused-ring (bicyclic) bond motifs is 15.